The van der Waals surface area contributed by atoms with Gasteiger partial charge in [-0.05, 0) is 24.8 Å². The predicted molar refractivity (Wildman–Crippen MR) is 91.3 cm³/mol. The number of nitrogens with zero attached hydrogens (tertiary/aromatic N) is 5. The number of aromatic nitrogens is 3. The first-order valence-corrected chi connectivity index (χ1v) is 8.31. The van der Waals surface area contributed by atoms with Crippen molar-refractivity contribution < 1.29 is 4.79 Å². The first kappa shape index (κ1) is 16.2. The van der Waals surface area contributed by atoms with Crippen LogP contribution in [0.25, 0.3) is 11.0 Å². The molecule has 1 aliphatic heterocycles. The maximum atomic E-state index is 12.0. The topological polar surface area (TPSA) is 88.9 Å². The number of nitrogens with one attached hydrogen (secondary N) is 1. The lowest BCUT2D eigenvalue weighted by atomic mass is 9.83. The molecular formula is C17H22N6O. The second-order valence-corrected chi connectivity index (χ2v) is 6.26. The molecule has 0 unspecified atom stereocenters. The highest BCUT2D eigenvalue weighted by atomic mass is 16.2. The van der Waals surface area contributed by atoms with Crippen molar-refractivity contribution in [2.24, 2.45) is 5.92 Å². The van der Waals surface area contributed by atoms with Gasteiger partial charge in [0.15, 0.2) is 0 Å². The molecule has 1 aliphatic rings. The maximum Gasteiger partial charge on any atom is 0.237 e. The van der Waals surface area contributed by atoms with Gasteiger partial charge in [0.05, 0.1) is 11.5 Å². The number of amides is 1. The molecule has 1 N–H and O–H groups in total. The molecule has 0 aromatic carbocycles. The number of likely N-dealkylation sites (tertiary alicyclic amines) is 1. The lowest BCUT2D eigenvalue weighted by Gasteiger charge is -2.48. The van der Waals surface area contributed by atoms with Crippen LogP contribution in [0, 0.1) is 17.2 Å². The molecule has 0 aliphatic carbocycles. The quantitative estimate of drug-likeness (QED) is 0.876. The van der Waals surface area contributed by atoms with Crippen LogP contribution >= 0.6 is 0 Å². The van der Waals surface area contributed by atoms with Crippen molar-refractivity contribution in [3.05, 3.63) is 18.6 Å². The molecule has 0 radical (unpaired) electrons. The van der Waals surface area contributed by atoms with Gasteiger partial charge in [-0.15, -0.1) is 0 Å². The molecule has 126 valence electrons. The van der Waals surface area contributed by atoms with Crippen LogP contribution in [-0.2, 0) is 4.79 Å². The molecule has 1 amide bonds. The standard InChI is InChI=1S/C17H22N6O/c1-3-12-10-23(15(24)4-7-18)14(12)6-9-22(2)17-13-5-8-19-16(13)20-11-21-17/h5,8,11-12,14H,3-4,6,9-10H2,1-2H3,(H,19,20,21)/t12-,14+/m0/s1. The first-order valence-electron chi connectivity index (χ1n) is 8.31. The van der Waals surface area contributed by atoms with Crippen molar-refractivity contribution in [1.82, 2.24) is 19.9 Å². The Kier molecular flexibility index (Phi) is 4.65. The lowest BCUT2D eigenvalue weighted by Crippen LogP contribution is -2.59. The van der Waals surface area contributed by atoms with Gasteiger partial charge in [-0.25, -0.2) is 9.97 Å². The number of hydrogen-bond acceptors (Lipinski definition) is 5. The third-order valence-electron chi connectivity index (χ3n) is 4.91. The van der Waals surface area contributed by atoms with Gasteiger partial charge in [0, 0.05) is 32.4 Å². The van der Waals surface area contributed by atoms with Crippen molar-refractivity contribution >= 4 is 22.8 Å². The van der Waals surface area contributed by atoms with Crippen molar-refractivity contribution in [2.45, 2.75) is 32.2 Å². The molecule has 0 spiro atoms. The number of H-pyrrole nitrogens is 1. The molecule has 0 saturated carbocycles. The summed E-state index contributed by atoms with van der Waals surface area (Å²) in [6.07, 6.45) is 5.32. The van der Waals surface area contributed by atoms with Gasteiger partial charge in [-0.3, -0.25) is 4.79 Å². The fraction of sp³-hybridized carbons (Fsp3) is 0.529. The van der Waals surface area contributed by atoms with E-state index in [0.717, 1.165) is 42.8 Å². The number of aromatic amines is 1. The van der Waals surface area contributed by atoms with E-state index in [9.17, 15) is 4.79 Å². The average molecular weight is 326 g/mol. The van der Waals surface area contributed by atoms with Gasteiger partial charge in [-0.1, -0.05) is 6.92 Å². The highest BCUT2D eigenvalue weighted by Crippen LogP contribution is 2.31. The SMILES string of the molecule is CC[C@H]1CN(C(=O)CC#N)[C@@H]1CCN(C)c1ncnc2[nH]ccc12. The van der Waals surface area contributed by atoms with E-state index < -0.39 is 0 Å². The summed E-state index contributed by atoms with van der Waals surface area (Å²) in [5.74, 6) is 1.37. The predicted octanol–water partition coefficient (Wildman–Crippen LogP) is 1.93. The van der Waals surface area contributed by atoms with E-state index >= 15 is 0 Å². The number of rotatable bonds is 6. The molecule has 3 rings (SSSR count). The van der Waals surface area contributed by atoms with Crippen molar-refractivity contribution in [3.63, 3.8) is 0 Å². The molecule has 2 aromatic heterocycles. The summed E-state index contributed by atoms with van der Waals surface area (Å²) in [6.45, 7) is 3.73. The molecule has 1 fully saturated rings. The lowest BCUT2D eigenvalue weighted by molar-refractivity contribution is -0.143. The number of anilines is 1. The Morgan fingerprint density at radius 1 is 1.54 bits per heavy atom. The normalized spacial score (nSPS) is 19.8. The molecule has 3 heterocycles. The third kappa shape index (κ3) is 2.92. The Bertz CT molecular complexity index is 764. The van der Waals surface area contributed by atoms with Crippen LogP contribution in [0.4, 0.5) is 5.82 Å². The van der Waals surface area contributed by atoms with Crippen molar-refractivity contribution in [1.29, 1.82) is 5.26 Å². The van der Waals surface area contributed by atoms with Crippen molar-refractivity contribution in [3.8, 4) is 6.07 Å². The molecule has 2 atom stereocenters. The van der Waals surface area contributed by atoms with Crippen LogP contribution < -0.4 is 4.90 Å². The number of hydrogen-bond donors (Lipinski definition) is 1. The number of fused-ring (bicyclic) bond motifs is 1. The van der Waals surface area contributed by atoms with Gasteiger partial charge < -0.3 is 14.8 Å². The molecule has 7 nitrogen and oxygen atoms in total. The van der Waals surface area contributed by atoms with Crippen LogP contribution in [0.1, 0.15) is 26.2 Å². The molecule has 24 heavy (non-hydrogen) atoms. The smallest absolute Gasteiger partial charge is 0.237 e. The molecule has 0 bridgehead atoms. The highest BCUT2D eigenvalue weighted by molar-refractivity contribution is 5.87. The number of carbonyl (C=O) groups is 1. The van der Waals surface area contributed by atoms with E-state index in [4.69, 9.17) is 5.26 Å². The summed E-state index contributed by atoms with van der Waals surface area (Å²) in [7, 11) is 2.01. The van der Waals surface area contributed by atoms with E-state index in [1.54, 1.807) is 6.33 Å². The third-order valence-corrected chi connectivity index (χ3v) is 4.91. The molecule has 7 heteroatoms. The molecule has 2 aromatic rings. The van der Waals surface area contributed by atoms with E-state index in [1.807, 2.05) is 30.3 Å². The van der Waals surface area contributed by atoms with Gasteiger partial charge in [-0.2, -0.15) is 5.26 Å². The second-order valence-electron chi connectivity index (χ2n) is 6.26. The van der Waals surface area contributed by atoms with Gasteiger partial charge in [0.1, 0.15) is 24.2 Å². The summed E-state index contributed by atoms with van der Waals surface area (Å²) in [4.78, 5) is 27.7. The van der Waals surface area contributed by atoms with E-state index in [0.29, 0.717) is 5.92 Å². The average Bonchev–Trinajstić information content (AvgIpc) is 3.03. The Morgan fingerprint density at radius 3 is 3.12 bits per heavy atom. The van der Waals surface area contributed by atoms with E-state index in [-0.39, 0.29) is 18.4 Å². The highest BCUT2D eigenvalue weighted by Gasteiger charge is 2.39. The first-order chi connectivity index (χ1) is 11.7. The van der Waals surface area contributed by atoms with Crippen LogP contribution in [0.2, 0.25) is 0 Å². The van der Waals surface area contributed by atoms with E-state index in [1.165, 1.54) is 0 Å². The van der Waals surface area contributed by atoms with Crippen LogP contribution in [0.3, 0.4) is 0 Å². The fourth-order valence-corrected chi connectivity index (χ4v) is 3.47. The van der Waals surface area contributed by atoms with Gasteiger partial charge in [0.25, 0.3) is 0 Å². The Morgan fingerprint density at radius 2 is 2.38 bits per heavy atom. The Hall–Kier alpha value is -2.62. The summed E-state index contributed by atoms with van der Waals surface area (Å²) in [5.41, 5.74) is 0.827. The fourth-order valence-electron chi connectivity index (χ4n) is 3.47. The number of nitriles is 1. The summed E-state index contributed by atoms with van der Waals surface area (Å²) >= 11 is 0. The number of carbonyl (C=O) groups excluding carboxylic acids is 1. The molecular weight excluding hydrogens is 304 g/mol. The van der Waals surface area contributed by atoms with Crippen LogP contribution in [0.15, 0.2) is 18.6 Å². The second kappa shape index (κ2) is 6.87. The minimum Gasteiger partial charge on any atom is -0.359 e. The van der Waals surface area contributed by atoms with Crippen LogP contribution in [0.5, 0.6) is 0 Å². The Labute approximate surface area is 141 Å². The van der Waals surface area contributed by atoms with Gasteiger partial charge >= 0.3 is 0 Å². The van der Waals surface area contributed by atoms with Crippen molar-refractivity contribution in [2.75, 3.05) is 25.0 Å². The van der Waals surface area contributed by atoms with Gasteiger partial charge in [0.2, 0.25) is 5.91 Å². The van der Waals surface area contributed by atoms with Crippen LogP contribution in [-0.4, -0.2) is 51.9 Å². The minimum absolute atomic E-state index is 0.0291. The molecule has 1 saturated heterocycles. The van der Waals surface area contributed by atoms with E-state index in [2.05, 4.69) is 26.8 Å². The zero-order chi connectivity index (χ0) is 17.1. The zero-order valence-corrected chi connectivity index (χ0v) is 14.1. The monoisotopic (exact) mass is 326 g/mol. The minimum atomic E-state index is -0.0510. The summed E-state index contributed by atoms with van der Waals surface area (Å²) in [6, 6.07) is 4.15. The summed E-state index contributed by atoms with van der Waals surface area (Å²) in [5, 5.41) is 9.74. The largest absolute Gasteiger partial charge is 0.359 e. The maximum absolute atomic E-state index is 12.0. The zero-order valence-electron chi connectivity index (χ0n) is 14.1. The Balaban J connectivity index is 1.66. The summed E-state index contributed by atoms with van der Waals surface area (Å²) < 4.78 is 0.